The van der Waals surface area contributed by atoms with Gasteiger partial charge in [-0.2, -0.15) is 0 Å². The van der Waals surface area contributed by atoms with E-state index >= 15 is 0 Å². The SMILES string of the molecule is Cc1cc(N(c2ccccc2)c2ccc(C=Cc3cccc(C=Cc4ccc(N(c5ccccc5)c5cc(C)c(C)c(C)c5)cc4)c3)cc2)cc(C)c1C. The highest BCUT2D eigenvalue weighted by Crippen LogP contribution is 2.38. The fourth-order valence-electron chi connectivity index (χ4n) is 6.95. The standard InChI is InChI=1S/C52H48N2/c1-37-32-51(33-38(2)41(37)5)53(47-16-9-7-10-17-47)49-28-24-43(25-29-49)20-22-45-14-13-15-46(36-45)23-21-44-26-30-50(31-27-44)54(48-18-11-8-12-19-48)52-34-39(3)42(6)40(4)35-52/h7-36H,1-6H3. The second-order valence-electron chi connectivity index (χ2n) is 14.3. The van der Waals surface area contributed by atoms with E-state index in [1.807, 2.05) is 0 Å². The summed E-state index contributed by atoms with van der Waals surface area (Å²) < 4.78 is 0. The summed E-state index contributed by atoms with van der Waals surface area (Å²) in [5.74, 6) is 0. The fourth-order valence-corrected chi connectivity index (χ4v) is 6.95. The molecule has 0 spiro atoms. The van der Waals surface area contributed by atoms with Crippen LogP contribution in [0.25, 0.3) is 24.3 Å². The maximum atomic E-state index is 2.33. The third kappa shape index (κ3) is 8.14. The Morgan fingerprint density at radius 2 is 0.593 bits per heavy atom. The molecule has 7 aromatic rings. The van der Waals surface area contributed by atoms with Crippen molar-refractivity contribution in [2.24, 2.45) is 0 Å². The second-order valence-corrected chi connectivity index (χ2v) is 14.3. The summed E-state index contributed by atoms with van der Waals surface area (Å²) in [7, 11) is 0. The monoisotopic (exact) mass is 700 g/mol. The van der Waals surface area contributed by atoms with Crippen LogP contribution < -0.4 is 9.80 Å². The molecule has 0 unspecified atom stereocenters. The largest absolute Gasteiger partial charge is 0.310 e. The predicted octanol–water partition coefficient (Wildman–Crippen LogP) is 14.8. The van der Waals surface area contributed by atoms with Crippen LogP contribution >= 0.6 is 0 Å². The summed E-state index contributed by atoms with van der Waals surface area (Å²) in [6, 6.07) is 56.6. The highest BCUT2D eigenvalue weighted by molar-refractivity contribution is 5.81. The van der Waals surface area contributed by atoms with Crippen LogP contribution in [0.3, 0.4) is 0 Å². The molecule has 0 radical (unpaired) electrons. The molecule has 2 heteroatoms. The van der Waals surface area contributed by atoms with Crippen molar-refractivity contribution in [2.75, 3.05) is 9.80 Å². The van der Waals surface area contributed by atoms with Crippen LogP contribution in [-0.2, 0) is 0 Å². The summed E-state index contributed by atoms with van der Waals surface area (Å²) >= 11 is 0. The Kier molecular flexibility index (Phi) is 10.7. The zero-order valence-electron chi connectivity index (χ0n) is 32.2. The van der Waals surface area contributed by atoms with Gasteiger partial charge >= 0.3 is 0 Å². The van der Waals surface area contributed by atoms with Gasteiger partial charge in [-0.3, -0.25) is 0 Å². The van der Waals surface area contributed by atoms with Crippen LogP contribution in [0.1, 0.15) is 55.6 Å². The van der Waals surface area contributed by atoms with Gasteiger partial charge in [0.25, 0.3) is 0 Å². The molecule has 0 amide bonds. The lowest BCUT2D eigenvalue weighted by Gasteiger charge is -2.27. The van der Waals surface area contributed by atoms with Gasteiger partial charge in [0.1, 0.15) is 0 Å². The van der Waals surface area contributed by atoms with Crippen LogP contribution in [-0.4, -0.2) is 0 Å². The molecule has 2 nitrogen and oxygen atoms in total. The summed E-state index contributed by atoms with van der Waals surface area (Å²) in [6.45, 7) is 13.2. The van der Waals surface area contributed by atoms with E-state index in [9.17, 15) is 0 Å². The van der Waals surface area contributed by atoms with Gasteiger partial charge in [-0.25, -0.2) is 0 Å². The van der Waals surface area contributed by atoms with Gasteiger partial charge in [0, 0.05) is 34.1 Å². The molecule has 0 N–H and O–H groups in total. The zero-order valence-corrected chi connectivity index (χ0v) is 32.2. The molecule has 7 aromatic carbocycles. The summed E-state index contributed by atoms with van der Waals surface area (Å²) in [5.41, 5.74) is 19.4. The third-order valence-corrected chi connectivity index (χ3v) is 10.5. The first-order chi connectivity index (χ1) is 26.2. The van der Waals surface area contributed by atoms with Gasteiger partial charge in [0.05, 0.1) is 0 Å². The van der Waals surface area contributed by atoms with Crippen molar-refractivity contribution in [3.63, 3.8) is 0 Å². The first kappa shape index (κ1) is 36.0. The van der Waals surface area contributed by atoms with Gasteiger partial charge in [-0.05, 0) is 176 Å². The molecule has 0 bridgehead atoms. The minimum Gasteiger partial charge on any atom is -0.310 e. The van der Waals surface area contributed by atoms with Crippen molar-refractivity contribution >= 4 is 58.4 Å². The number of anilines is 6. The van der Waals surface area contributed by atoms with E-state index in [4.69, 9.17) is 0 Å². The highest BCUT2D eigenvalue weighted by Gasteiger charge is 2.15. The number of hydrogen-bond donors (Lipinski definition) is 0. The first-order valence-corrected chi connectivity index (χ1v) is 18.8. The van der Waals surface area contributed by atoms with Crippen LogP contribution in [0.2, 0.25) is 0 Å². The second kappa shape index (κ2) is 16.1. The summed E-state index contributed by atoms with van der Waals surface area (Å²) in [6.07, 6.45) is 8.76. The van der Waals surface area contributed by atoms with E-state index < -0.39 is 0 Å². The molecule has 0 aliphatic carbocycles. The van der Waals surface area contributed by atoms with Crippen LogP contribution in [0.4, 0.5) is 34.1 Å². The van der Waals surface area contributed by atoms with Gasteiger partial charge in [-0.1, -0.05) is 103 Å². The minimum atomic E-state index is 1.13. The van der Waals surface area contributed by atoms with Crippen molar-refractivity contribution in [2.45, 2.75) is 41.5 Å². The Bertz CT molecular complexity index is 2200. The Balaban J connectivity index is 1.07. The average Bonchev–Trinajstić information content (AvgIpc) is 3.19. The molecule has 266 valence electrons. The van der Waals surface area contributed by atoms with Crippen LogP contribution in [0, 0.1) is 41.5 Å². The van der Waals surface area contributed by atoms with Crippen LogP contribution in [0.5, 0.6) is 0 Å². The lowest BCUT2D eigenvalue weighted by atomic mass is 10.0. The molecule has 54 heavy (non-hydrogen) atoms. The molecule has 0 heterocycles. The fraction of sp³-hybridized carbons (Fsp3) is 0.115. The van der Waals surface area contributed by atoms with Gasteiger partial charge in [0.2, 0.25) is 0 Å². The topological polar surface area (TPSA) is 6.48 Å². The average molecular weight is 701 g/mol. The molecule has 0 aliphatic heterocycles. The van der Waals surface area contributed by atoms with E-state index in [2.05, 4.69) is 233 Å². The molecule has 7 rings (SSSR count). The van der Waals surface area contributed by atoms with Crippen molar-refractivity contribution < 1.29 is 0 Å². The van der Waals surface area contributed by atoms with Gasteiger partial charge < -0.3 is 9.80 Å². The first-order valence-electron chi connectivity index (χ1n) is 18.8. The number of nitrogens with zero attached hydrogens (tertiary/aromatic N) is 2. The van der Waals surface area contributed by atoms with E-state index in [1.54, 1.807) is 0 Å². The van der Waals surface area contributed by atoms with Crippen molar-refractivity contribution in [3.05, 3.63) is 213 Å². The minimum absolute atomic E-state index is 1.13. The highest BCUT2D eigenvalue weighted by atomic mass is 15.1. The van der Waals surface area contributed by atoms with E-state index in [1.165, 1.54) is 44.8 Å². The number of benzene rings is 7. The smallest absolute Gasteiger partial charge is 0.0467 e. The van der Waals surface area contributed by atoms with Gasteiger partial charge in [-0.15, -0.1) is 0 Å². The van der Waals surface area contributed by atoms with E-state index in [-0.39, 0.29) is 0 Å². The number of aryl methyl sites for hydroxylation is 4. The zero-order chi connectivity index (χ0) is 37.6. The number of hydrogen-bond acceptors (Lipinski definition) is 2. The molecule has 0 saturated carbocycles. The lowest BCUT2D eigenvalue weighted by molar-refractivity contribution is 1.21. The molecular formula is C52H48N2. The Morgan fingerprint density at radius 1 is 0.278 bits per heavy atom. The lowest BCUT2D eigenvalue weighted by Crippen LogP contribution is -2.10. The molecule has 0 atom stereocenters. The van der Waals surface area contributed by atoms with Crippen molar-refractivity contribution in [3.8, 4) is 0 Å². The Hall–Kier alpha value is -6.38. The van der Waals surface area contributed by atoms with Crippen LogP contribution in [0.15, 0.2) is 158 Å². The Labute approximate surface area is 322 Å². The maximum absolute atomic E-state index is 2.33. The molecule has 0 saturated heterocycles. The third-order valence-electron chi connectivity index (χ3n) is 10.5. The molecule has 0 aromatic heterocycles. The quantitative estimate of drug-likeness (QED) is 0.131. The predicted molar refractivity (Wildman–Crippen MR) is 235 cm³/mol. The van der Waals surface area contributed by atoms with Crippen molar-refractivity contribution in [1.29, 1.82) is 0 Å². The molecule has 0 aliphatic rings. The molecular weight excluding hydrogens is 653 g/mol. The maximum Gasteiger partial charge on any atom is 0.0467 e. The normalized spacial score (nSPS) is 11.4. The van der Waals surface area contributed by atoms with E-state index in [0.717, 1.165) is 45.0 Å². The summed E-state index contributed by atoms with van der Waals surface area (Å²) in [4.78, 5) is 4.67. The molecule has 0 fully saturated rings. The van der Waals surface area contributed by atoms with E-state index in [0.29, 0.717) is 0 Å². The number of rotatable bonds is 10. The summed E-state index contributed by atoms with van der Waals surface area (Å²) in [5, 5.41) is 0. The van der Waals surface area contributed by atoms with Crippen molar-refractivity contribution in [1.82, 2.24) is 0 Å². The number of para-hydroxylation sites is 2. The Morgan fingerprint density at radius 3 is 0.944 bits per heavy atom. The van der Waals surface area contributed by atoms with Gasteiger partial charge in [0.15, 0.2) is 0 Å².